The van der Waals surface area contributed by atoms with Crippen LogP contribution in [0.3, 0.4) is 0 Å². The van der Waals surface area contributed by atoms with E-state index in [0.29, 0.717) is 34.9 Å². The van der Waals surface area contributed by atoms with Crippen LogP contribution in [-0.4, -0.2) is 94.9 Å². The van der Waals surface area contributed by atoms with Crippen LogP contribution in [0, 0.1) is 0 Å². The minimum Gasteiger partial charge on any atom is -0.492 e. The number of aromatic nitrogens is 3. The van der Waals surface area contributed by atoms with Crippen LogP contribution >= 0.6 is 0 Å². The maximum absolute atomic E-state index is 13.0. The summed E-state index contributed by atoms with van der Waals surface area (Å²) in [6.07, 6.45) is 0.949. The van der Waals surface area contributed by atoms with Gasteiger partial charge in [-0.3, -0.25) is 24.1 Å². The maximum Gasteiger partial charge on any atom is 0.303 e. The second-order valence-corrected chi connectivity index (χ2v) is 11.4. The van der Waals surface area contributed by atoms with Crippen LogP contribution in [-0.2, 0) is 33.3 Å². The van der Waals surface area contributed by atoms with Gasteiger partial charge in [-0.05, 0) is 62.3 Å². The van der Waals surface area contributed by atoms with Gasteiger partial charge in [-0.15, -0.1) is 5.10 Å². The van der Waals surface area contributed by atoms with E-state index in [0.717, 1.165) is 19.6 Å². The number of carbonyl (C=O) groups is 4. The van der Waals surface area contributed by atoms with E-state index >= 15 is 0 Å². The number of nitrogens with one attached hydrogen (secondary N) is 1. The molecular formula is C33H39N5O9. The van der Waals surface area contributed by atoms with Gasteiger partial charge in [-0.25, -0.2) is 4.68 Å². The minimum absolute atomic E-state index is 0.150. The number of esters is 3. The monoisotopic (exact) mass is 649 g/mol. The molecule has 1 N–H and O–H groups in total. The van der Waals surface area contributed by atoms with E-state index in [1.165, 1.54) is 44.7 Å². The first-order valence-electron chi connectivity index (χ1n) is 15.6. The average Bonchev–Trinajstić information content (AvgIpc) is 3.53. The highest BCUT2D eigenvalue weighted by Gasteiger charge is 2.48. The Balaban J connectivity index is 1.24. The van der Waals surface area contributed by atoms with Crippen LogP contribution in [0.5, 0.6) is 5.75 Å². The van der Waals surface area contributed by atoms with Gasteiger partial charge in [0.2, 0.25) is 0 Å². The molecule has 250 valence electrons. The first-order valence-corrected chi connectivity index (χ1v) is 15.6. The van der Waals surface area contributed by atoms with Crippen molar-refractivity contribution in [1.82, 2.24) is 19.9 Å². The number of benzene rings is 2. The van der Waals surface area contributed by atoms with Gasteiger partial charge >= 0.3 is 17.9 Å². The Labute approximate surface area is 272 Å². The summed E-state index contributed by atoms with van der Waals surface area (Å²) in [5.74, 6) is -1.51. The Morgan fingerprint density at radius 1 is 0.894 bits per heavy atom. The minimum atomic E-state index is -1.19. The number of rotatable bonds is 11. The van der Waals surface area contributed by atoms with Gasteiger partial charge in [0.15, 0.2) is 24.5 Å². The van der Waals surface area contributed by atoms with Gasteiger partial charge in [0.1, 0.15) is 18.1 Å². The fourth-order valence-corrected chi connectivity index (χ4v) is 5.62. The fraction of sp³-hybridized carbons (Fsp3) is 0.455. The first kappa shape index (κ1) is 33.5. The zero-order valence-electron chi connectivity index (χ0n) is 26.6. The van der Waals surface area contributed by atoms with Crippen molar-refractivity contribution in [3.63, 3.8) is 0 Å². The Kier molecular flexibility index (Phi) is 11.2. The van der Waals surface area contributed by atoms with Crippen molar-refractivity contribution in [2.24, 2.45) is 0 Å². The number of carbonyl (C=O) groups excluding carboxylic acids is 4. The Morgan fingerprint density at radius 3 is 2.30 bits per heavy atom. The third-order valence-corrected chi connectivity index (χ3v) is 7.75. The molecule has 47 heavy (non-hydrogen) atoms. The summed E-state index contributed by atoms with van der Waals surface area (Å²) in [6, 6.07) is 14.1. The highest BCUT2D eigenvalue weighted by Crippen LogP contribution is 2.31. The molecule has 5 rings (SSSR count). The fourth-order valence-electron chi connectivity index (χ4n) is 5.62. The van der Waals surface area contributed by atoms with E-state index in [4.69, 9.17) is 23.7 Å². The molecular weight excluding hydrogens is 610 g/mol. The molecule has 0 unspecified atom stereocenters. The lowest BCUT2D eigenvalue weighted by Gasteiger charge is -2.40. The van der Waals surface area contributed by atoms with Crippen LogP contribution in [0.15, 0.2) is 54.7 Å². The Morgan fingerprint density at radius 2 is 1.60 bits per heavy atom. The van der Waals surface area contributed by atoms with E-state index in [-0.39, 0.29) is 12.5 Å². The summed E-state index contributed by atoms with van der Waals surface area (Å²) in [4.78, 5) is 51.0. The summed E-state index contributed by atoms with van der Waals surface area (Å²) in [6.45, 7) is 7.17. The van der Waals surface area contributed by atoms with Crippen molar-refractivity contribution in [3.05, 3.63) is 60.3 Å². The van der Waals surface area contributed by atoms with E-state index in [9.17, 15) is 19.2 Å². The van der Waals surface area contributed by atoms with E-state index < -0.39 is 42.4 Å². The summed E-state index contributed by atoms with van der Waals surface area (Å²) in [7, 11) is 0. The molecule has 2 saturated heterocycles. The third-order valence-electron chi connectivity index (χ3n) is 7.75. The number of amides is 1. The molecule has 0 radical (unpaired) electrons. The van der Waals surface area contributed by atoms with E-state index in [2.05, 4.69) is 20.5 Å². The molecule has 2 aliphatic rings. The molecule has 1 amide bonds. The maximum atomic E-state index is 13.0. The van der Waals surface area contributed by atoms with E-state index in [1.54, 1.807) is 54.7 Å². The second-order valence-electron chi connectivity index (χ2n) is 11.4. The standard InChI is InChI=1S/C33H39N5O9/c1-21(39)45-29-20-44-33(31(47-23(3)41)30(29)46-22(2)40)38-19-28(35-36-38)25-8-7-9-26(18-25)34-32(42)24-10-12-27(13-11-24)43-17-16-37-14-5-4-6-15-37/h7-13,18-19,29-31,33H,4-6,14-17,20H2,1-3H3,(H,34,42)/t29-,30+,31-,33-/m1/s1. The molecule has 4 atom stereocenters. The molecule has 1 aromatic heterocycles. The number of nitrogens with zero attached hydrogens (tertiary/aromatic N) is 4. The number of likely N-dealkylation sites (tertiary alicyclic amines) is 1. The number of anilines is 1. The number of ether oxygens (including phenoxy) is 5. The van der Waals surface area contributed by atoms with Gasteiger partial charge in [-0.1, -0.05) is 23.8 Å². The van der Waals surface area contributed by atoms with Crippen molar-refractivity contribution < 1.29 is 42.9 Å². The predicted molar refractivity (Wildman–Crippen MR) is 167 cm³/mol. The molecule has 14 heteroatoms. The lowest BCUT2D eigenvalue weighted by Crippen LogP contribution is -2.55. The van der Waals surface area contributed by atoms with E-state index in [1.807, 2.05) is 0 Å². The van der Waals surface area contributed by atoms with Gasteiger partial charge in [0.25, 0.3) is 5.91 Å². The largest absolute Gasteiger partial charge is 0.492 e. The van der Waals surface area contributed by atoms with Crippen LogP contribution in [0.1, 0.15) is 56.6 Å². The summed E-state index contributed by atoms with van der Waals surface area (Å²) < 4.78 is 29.3. The van der Waals surface area contributed by atoms with Crippen molar-refractivity contribution >= 4 is 29.5 Å². The predicted octanol–water partition coefficient (Wildman–Crippen LogP) is 3.39. The summed E-state index contributed by atoms with van der Waals surface area (Å²) in [5, 5.41) is 11.3. The molecule has 0 saturated carbocycles. The number of hydrogen-bond acceptors (Lipinski definition) is 12. The highest BCUT2D eigenvalue weighted by atomic mass is 16.6. The second kappa shape index (κ2) is 15.6. The van der Waals surface area contributed by atoms with Crippen molar-refractivity contribution in [3.8, 4) is 17.0 Å². The van der Waals surface area contributed by atoms with Crippen LogP contribution in [0.2, 0.25) is 0 Å². The van der Waals surface area contributed by atoms with Gasteiger partial charge in [0, 0.05) is 44.1 Å². The third kappa shape index (κ3) is 9.14. The normalized spacial score (nSPS) is 21.3. The lowest BCUT2D eigenvalue weighted by molar-refractivity contribution is -0.241. The lowest BCUT2D eigenvalue weighted by atomic mass is 10.0. The zero-order chi connectivity index (χ0) is 33.3. The molecule has 3 aromatic rings. The van der Waals surface area contributed by atoms with Crippen LogP contribution < -0.4 is 10.1 Å². The average molecular weight is 650 g/mol. The molecule has 2 aliphatic heterocycles. The van der Waals surface area contributed by atoms with Gasteiger partial charge in [-0.2, -0.15) is 0 Å². The van der Waals surface area contributed by atoms with Crippen LogP contribution in [0.25, 0.3) is 11.3 Å². The molecule has 0 spiro atoms. The molecule has 14 nitrogen and oxygen atoms in total. The molecule has 2 fully saturated rings. The Bertz CT molecular complexity index is 1550. The topological polar surface area (TPSA) is 160 Å². The Hall–Kier alpha value is -4.82. The van der Waals surface area contributed by atoms with Gasteiger partial charge in [0.05, 0.1) is 12.8 Å². The summed E-state index contributed by atoms with van der Waals surface area (Å²) >= 11 is 0. The summed E-state index contributed by atoms with van der Waals surface area (Å²) in [5.41, 5.74) is 2.09. The molecule has 3 heterocycles. The molecule has 2 aromatic carbocycles. The van der Waals surface area contributed by atoms with Gasteiger partial charge < -0.3 is 29.0 Å². The molecule has 0 bridgehead atoms. The van der Waals surface area contributed by atoms with Crippen molar-refractivity contribution in [1.29, 1.82) is 0 Å². The van der Waals surface area contributed by atoms with Crippen LogP contribution in [0.4, 0.5) is 5.69 Å². The first-order chi connectivity index (χ1) is 22.7. The SMILES string of the molecule is CC(=O)O[C@@H]1[C@@H](OC(C)=O)[C@H](OC(C)=O)CO[C@H]1n1cc(-c2cccc(NC(=O)c3ccc(OCCN4CCCCC4)cc3)c2)nn1. The number of hydrogen-bond donors (Lipinski definition) is 1. The molecule has 0 aliphatic carbocycles. The van der Waals surface area contributed by atoms with Crippen molar-refractivity contribution in [2.45, 2.75) is 64.6 Å². The zero-order valence-corrected chi connectivity index (χ0v) is 26.6. The highest BCUT2D eigenvalue weighted by molar-refractivity contribution is 6.04. The number of piperidine rings is 1. The quantitative estimate of drug-likeness (QED) is 0.239. The van der Waals surface area contributed by atoms with Crippen molar-refractivity contribution in [2.75, 3.05) is 38.2 Å². The smallest absolute Gasteiger partial charge is 0.303 e.